The van der Waals surface area contributed by atoms with Gasteiger partial charge in [-0.15, -0.1) is 0 Å². The second-order valence-electron chi connectivity index (χ2n) is 13.5. The highest BCUT2D eigenvalue weighted by Crippen LogP contribution is 2.70. The number of carbonyl (C=O) groups excluding carboxylic acids is 1. The Morgan fingerprint density at radius 3 is 2.47 bits per heavy atom. The second-order valence-corrected chi connectivity index (χ2v) is 13.5. The molecule has 214 valence electrons. The number of aliphatic hydroxyl groups excluding tert-OH is 4. The van der Waals surface area contributed by atoms with Crippen LogP contribution in [0, 0.1) is 34.5 Å². The van der Waals surface area contributed by atoms with E-state index in [0.29, 0.717) is 18.4 Å². The van der Waals surface area contributed by atoms with Crippen molar-refractivity contribution < 1.29 is 44.5 Å². The molecule has 9 heteroatoms. The van der Waals surface area contributed by atoms with Crippen molar-refractivity contribution in [3.05, 3.63) is 11.6 Å². The van der Waals surface area contributed by atoms with Gasteiger partial charge in [0.05, 0.1) is 18.3 Å². The van der Waals surface area contributed by atoms with Crippen LogP contribution in [-0.4, -0.2) is 87.1 Å². The van der Waals surface area contributed by atoms with Crippen LogP contribution in [0.2, 0.25) is 0 Å². The zero-order valence-corrected chi connectivity index (χ0v) is 22.5. The summed E-state index contributed by atoms with van der Waals surface area (Å²) >= 11 is 0. The Hall–Kier alpha value is -1.07. The molecule has 2 aliphatic heterocycles. The highest BCUT2D eigenvalue weighted by atomic mass is 16.7. The van der Waals surface area contributed by atoms with Gasteiger partial charge in [0.1, 0.15) is 31.0 Å². The Bertz CT molecular complexity index is 968. The molecule has 1 saturated heterocycles. The monoisotopic (exact) mass is 536 g/mol. The lowest BCUT2D eigenvalue weighted by atomic mass is 9.43. The van der Waals surface area contributed by atoms with E-state index in [1.807, 2.05) is 0 Å². The first kappa shape index (κ1) is 27.1. The first-order valence-electron chi connectivity index (χ1n) is 14.6. The Labute approximate surface area is 224 Å². The van der Waals surface area contributed by atoms with Crippen LogP contribution < -0.4 is 0 Å². The highest BCUT2D eigenvalue weighted by molar-refractivity contribution is 5.85. The summed E-state index contributed by atoms with van der Waals surface area (Å²) in [7, 11) is 0. The number of fused-ring (bicyclic) bond motifs is 5. The van der Waals surface area contributed by atoms with Gasteiger partial charge in [0.15, 0.2) is 6.29 Å². The molecular weight excluding hydrogens is 492 g/mol. The lowest BCUT2D eigenvalue weighted by molar-refractivity contribution is -0.317. The number of cyclic esters (lactones) is 1. The van der Waals surface area contributed by atoms with Crippen LogP contribution in [0.1, 0.15) is 71.6 Å². The van der Waals surface area contributed by atoms with E-state index < -0.39 is 42.9 Å². The first-order valence-corrected chi connectivity index (χ1v) is 14.6. The van der Waals surface area contributed by atoms with E-state index >= 15 is 0 Å². The van der Waals surface area contributed by atoms with E-state index in [2.05, 4.69) is 13.8 Å². The van der Waals surface area contributed by atoms with Crippen LogP contribution in [0.4, 0.5) is 0 Å². The molecule has 4 saturated carbocycles. The average molecular weight is 537 g/mol. The maximum absolute atomic E-state index is 12.4. The molecule has 0 aromatic carbocycles. The van der Waals surface area contributed by atoms with Crippen molar-refractivity contribution in [1.82, 2.24) is 0 Å². The summed E-state index contributed by atoms with van der Waals surface area (Å²) in [6, 6.07) is 0. The number of rotatable bonds is 4. The lowest BCUT2D eigenvalue weighted by Crippen LogP contribution is -2.63. The molecule has 0 spiro atoms. The van der Waals surface area contributed by atoms with Crippen molar-refractivity contribution in [2.75, 3.05) is 13.2 Å². The molecule has 0 radical (unpaired) electrons. The summed E-state index contributed by atoms with van der Waals surface area (Å²) in [4.78, 5) is 11.8. The van der Waals surface area contributed by atoms with Gasteiger partial charge in [-0.1, -0.05) is 13.8 Å². The quantitative estimate of drug-likeness (QED) is 0.266. The first-order chi connectivity index (χ1) is 18.0. The summed E-state index contributed by atoms with van der Waals surface area (Å²) in [6.07, 6.45) is 3.41. The number of ether oxygens (including phenoxy) is 3. The molecule has 0 aromatic rings. The SMILES string of the molecule is C[C@]12CC[C@@H](O[C@@H]3O[C@H](CO)[C@@H](O)[C@H](O)[C@H]3O)C[C@H]1CC[C@@H]1[C@@H]2CC[C@]2(C)[C@@H](C3=CC(=O)OC3)CC[C@]12O. The number of hydrogen-bond donors (Lipinski definition) is 5. The summed E-state index contributed by atoms with van der Waals surface area (Å²) in [6.45, 7) is 4.52. The maximum atomic E-state index is 12.4. The normalized spacial score (nSPS) is 54.5. The Kier molecular flexibility index (Phi) is 6.78. The van der Waals surface area contributed by atoms with E-state index in [1.54, 1.807) is 6.08 Å². The fraction of sp³-hybridized carbons (Fsp3) is 0.897. The average Bonchev–Trinajstić information content (AvgIpc) is 3.44. The van der Waals surface area contributed by atoms with Crippen LogP contribution in [0.5, 0.6) is 0 Å². The maximum Gasteiger partial charge on any atom is 0.331 e. The lowest BCUT2D eigenvalue weighted by Gasteiger charge is -2.64. The number of aliphatic hydroxyl groups is 5. The van der Waals surface area contributed by atoms with E-state index in [0.717, 1.165) is 63.4 Å². The minimum Gasteiger partial charge on any atom is -0.458 e. The van der Waals surface area contributed by atoms with E-state index in [-0.39, 0.29) is 34.7 Å². The summed E-state index contributed by atoms with van der Waals surface area (Å²) in [5.74, 6) is 0.994. The van der Waals surface area contributed by atoms with Gasteiger partial charge in [-0.25, -0.2) is 4.79 Å². The molecule has 0 bridgehead atoms. The van der Waals surface area contributed by atoms with Crippen molar-refractivity contribution >= 4 is 5.97 Å². The van der Waals surface area contributed by atoms with Crippen LogP contribution in [-0.2, 0) is 19.0 Å². The molecule has 0 unspecified atom stereocenters. The van der Waals surface area contributed by atoms with Gasteiger partial charge in [0, 0.05) is 11.5 Å². The molecule has 5 N–H and O–H groups in total. The van der Waals surface area contributed by atoms with Crippen LogP contribution in [0.15, 0.2) is 11.6 Å². The fourth-order valence-corrected chi connectivity index (χ4v) is 9.86. The van der Waals surface area contributed by atoms with Gasteiger partial charge in [0.25, 0.3) is 0 Å². The minimum atomic E-state index is -1.44. The predicted molar refractivity (Wildman–Crippen MR) is 134 cm³/mol. The Morgan fingerprint density at radius 2 is 1.76 bits per heavy atom. The molecule has 9 nitrogen and oxygen atoms in total. The van der Waals surface area contributed by atoms with Crippen molar-refractivity contribution in [3.63, 3.8) is 0 Å². The summed E-state index contributed by atoms with van der Waals surface area (Å²) < 4.78 is 17.0. The Balaban J connectivity index is 1.15. The number of carbonyl (C=O) groups is 1. The van der Waals surface area contributed by atoms with Gasteiger partial charge < -0.3 is 39.7 Å². The molecule has 4 aliphatic carbocycles. The van der Waals surface area contributed by atoms with Crippen molar-refractivity contribution in [3.8, 4) is 0 Å². The molecule has 2 heterocycles. The van der Waals surface area contributed by atoms with Gasteiger partial charge >= 0.3 is 5.97 Å². The van der Waals surface area contributed by atoms with Crippen LogP contribution in [0.25, 0.3) is 0 Å². The van der Waals surface area contributed by atoms with Crippen molar-refractivity contribution in [1.29, 1.82) is 0 Å². The third-order valence-electron chi connectivity index (χ3n) is 12.1. The predicted octanol–water partition coefficient (Wildman–Crippen LogP) is 1.43. The van der Waals surface area contributed by atoms with Crippen LogP contribution in [0.3, 0.4) is 0 Å². The number of esters is 1. The van der Waals surface area contributed by atoms with Gasteiger partial charge in [0.2, 0.25) is 0 Å². The largest absolute Gasteiger partial charge is 0.458 e. The minimum absolute atomic E-state index is 0.0823. The topological polar surface area (TPSA) is 146 Å². The molecular formula is C29H44O9. The molecule has 5 fully saturated rings. The van der Waals surface area contributed by atoms with Crippen molar-refractivity contribution in [2.45, 2.75) is 114 Å². The summed E-state index contributed by atoms with van der Waals surface area (Å²) in [5.41, 5.74) is 0.141. The highest BCUT2D eigenvalue weighted by Gasteiger charge is 2.67. The molecule has 6 rings (SSSR count). The van der Waals surface area contributed by atoms with Gasteiger partial charge in [-0.3, -0.25) is 0 Å². The Morgan fingerprint density at radius 1 is 0.974 bits per heavy atom. The number of hydrogen-bond acceptors (Lipinski definition) is 9. The van der Waals surface area contributed by atoms with Crippen molar-refractivity contribution in [2.24, 2.45) is 34.5 Å². The molecule has 0 amide bonds. The third kappa shape index (κ3) is 3.87. The third-order valence-corrected chi connectivity index (χ3v) is 12.1. The molecule has 6 aliphatic rings. The van der Waals surface area contributed by atoms with E-state index in [1.165, 1.54) is 0 Å². The zero-order chi connectivity index (χ0) is 27.0. The molecule has 38 heavy (non-hydrogen) atoms. The molecule has 0 aromatic heterocycles. The second kappa shape index (κ2) is 9.50. The van der Waals surface area contributed by atoms with Gasteiger partial charge in [-0.05, 0) is 92.4 Å². The summed E-state index contributed by atoms with van der Waals surface area (Å²) in [5, 5.41) is 52.6. The zero-order valence-electron chi connectivity index (χ0n) is 22.5. The van der Waals surface area contributed by atoms with Gasteiger partial charge in [-0.2, -0.15) is 0 Å². The standard InChI is InChI=1S/C29H44O9/c1-27-8-5-17(37-26-25(34)24(33)23(32)21(13-30)38-26)12-16(27)3-4-20-19(27)6-9-28(2)18(7-10-29(20,28)35)15-11-22(31)36-14-15/h11,16-21,23-26,30,32-35H,3-10,12-14H2,1-2H3/t16-,17-,18-,19+,20-,21-,23-,24+,25-,26-,27+,28-,29+/m1/s1. The van der Waals surface area contributed by atoms with Crippen LogP contribution >= 0.6 is 0 Å². The fourth-order valence-electron chi connectivity index (χ4n) is 9.86. The van der Waals surface area contributed by atoms with E-state index in [4.69, 9.17) is 14.2 Å². The van der Waals surface area contributed by atoms with E-state index in [9.17, 15) is 30.3 Å². The molecule has 13 atom stereocenters. The smallest absolute Gasteiger partial charge is 0.331 e.